The lowest BCUT2D eigenvalue weighted by atomic mass is 10.1. The average molecular weight is 249 g/mol. The smallest absolute Gasteiger partial charge is 0.131 e. The summed E-state index contributed by atoms with van der Waals surface area (Å²) in [7, 11) is 1.85. The van der Waals surface area contributed by atoms with E-state index in [9.17, 15) is 9.50 Å². The van der Waals surface area contributed by atoms with Crippen molar-refractivity contribution in [1.29, 1.82) is 0 Å². The van der Waals surface area contributed by atoms with Crippen molar-refractivity contribution in [2.75, 3.05) is 11.9 Å². The van der Waals surface area contributed by atoms with E-state index in [0.29, 0.717) is 17.8 Å². The molecule has 0 saturated heterocycles. The molecule has 1 unspecified atom stereocenters. The maximum Gasteiger partial charge on any atom is 0.131 e. The van der Waals surface area contributed by atoms with Gasteiger partial charge in [-0.3, -0.25) is 0 Å². The number of rotatable bonds is 4. The summed E-state index contributed by atoms with van der Waals surface area (Å²) in [5.41, 5.74) is 2.01. The van der Waals surface area contributed by atoms with Crippen LogP contribution in [0.25, 0.3) is 0 Å². The summed E-state index contributed by atoms with van der Waals surface area (Å²) in [4.78, 5) is 1.88. The zero-order valence-electron chi connectivity index (χ0n) is 10.4. The first-order valence-electron chi connectivity index (χ1n) is 5.78. The highest BCUT2D eigenvalue weighted by atomic mass is 19.1. The van der Waals surface area contributed by atoms with Crippen LogP contribution in [0.3, 0.4) is 0 Å². The van der Waals surface area contributed by atoms with Crippen LogP contribution in [0.5, 0.6) is 0 Å². The Labute approximate surface area is 105 Å². The lowest BCUT2D eigenvalue weighted by Gasteiger charge is -2.23. The molecule has 1 heterocycles. The normalized spacial score (nSPS) is 12.4. The summed E-state index contributed by atoms with van der Waals surface area (Å²) in [6.07, 6.45) is 2.41. The highest BCUT2D eigenvalue weighted by molar-refractivity contribution is 5.54. The van der Waals surface area contributed by atoms with Crippen LogP contribution in [0.15, 0.2) is 41.2 Å². The highest BCUT2D eigenvalue weighted by Gasteiger charge is 2.16. The van der Waals surface area contributed by atoms with E-state index in [-0.39, 0.29) is 5.82 Å². The summed E-state index contributed by atoms with van der Waals surface area (Å²) < 4.78 is 18.7. The second kappa shape index (κ2) is 5.23. The molecule has 0 fully saturated rings. The molecule has 4 heteroatoms. The van der Waals surface area contributed by atoms with Crippen molar-refractivity contribution in [3.05, 3.63) is 53.7 Å². The Morgan fingerprint density at radius 2 is 2.17 bits per heavy atom. The molecule has 2 rings (SSSR count). The minimum Gasteiger partial charge on any atom is -0.472 e. The summed E-state index contributed by atoms with van der Waals surface area (Å²) in [5, 5.41) is 9.68. The molecule has 1 aromatic carbocycles. The number of nitrogens with zero attached hydrogens (tertiary/aromatic N) is 1. The molecule has 96 valence electrons. The van der Waals surface area contributed by atoms with Gasteiger partial charge in [-0.05, 0) is 25.1 Å². The fraction of sp³-hybridized carbons (Fsp3) is 0.286. The summed E-state index contributed by atoms with van der Waals surface area (Å²) in [6, 6.07) is 6.66. The SMILES string of the molecule is CC(O)c1c(F)cccc1N(C)Cc1ccoc1. The minimum absolute atomic E-state index is 0.323. The predicted octanol–water partition coefficient (Wildman–Crippen LogP) is 3.11. The van der Waals surface area contributed by atoms with Crippen molar-refractivity contribution in [1.82, 2.24) is 0 Å². The number of anilines is 1. The second-order valence-corrected chi connectivity index (χ2v) is 4.34. The molecular weight excluding hydrogens is 233 g/mol. The molecule has 0 saturated carbocycles. The van der Waals surface area contributed by atoms with Crippen LogP contribution in [0, 0.1) is 5.82 Å². The monoisotopic (exact) mass is 249 g/mol. The first-order chi connectivity index (χ1) is 8.59. The van der Waals surface area contributed by atoms with Crippen LogP contribution in [-0.2, 0) is 6.54 Å². The fourth-order valence-corrected chi connectivity index (χ4v) is 2.01. The quantitative estimate of drug-likeness (QED) is 0.904. The number of aliphatic hydroxyl groups excluding tert-OH is 1. The number of furan rings is 1. The maximum absolute atomic E-state index is 13.7. The van der Waals surface area contributed by atoms with Crippen molar-refractivity contribution < 1.29 is 13.9 Å². The van der Waals surface area contributed by atoms with Gasteiger partial charge in [0, 0.05) is 30.4 Å². The zero-order chi connectivity index (χ0) is 13.1. The van der Waals surface area contributed by atoms with E-state index in [1.807, 2.05) is 18.0 Å². The highest BCUT2D eigenvalue weighted by Crippen LogP contribution is 2.29. The second-order valence-electron chi connectivity index (χ2n) is 4.34. The first kappa shape index (κ1) is 12.6. The van der Waals surface area contributed by atoms with Crippen LogP contribution < -0.4 is 4.90 Å². The van der Waals surface area contributed by atoms with Gasteiger partial charge in [-0.25, -0.2) is 4.39 Å². The van der Waals surface area contributed by atoms with Gasteiger partial charge >= 0.3 is 0 Å². The van der Waals surface area contributed by atoms with Crippen LogP contribution in [0.2, 0.25) is 0 Å². The standard InChI is InChI=1S/C14H16FNO2/c1-10(17)14-12(15)4-3-5-13(14)16(2)8-11-6-7-18-9-11/h3-7,9-10,17H,8H2,1-2H3. The Morgan fingerprint density at radius 3 is 2.78 bits per heavy atom. The Kier molecular flexibility index (Phi) is 3.67. The van der Waals surface area contributed by atoms with Gasteiger partial charge in [0.25, 0.3) is 0 Å². The molecule has 0 radical (unpaired) electrons. The number of benzene rings is 1. The first-order valence-corrected chi connectivity index (χ1v) is 5.78. The number of aliphatic hydroxyl groups is 1. The molecule has 0 aliphatic heterocycles. The molecule has 0 aliphatic rings. The van der Waals surface area contributed by atoms with E-state index in [4.69, 9.17) is 4.42 Å². The van der Waals surface area contributed by atoms with E-state index in [1.54, 1.807) is 31.6 Å². The molecule has 0 aliphatic carbocycles. The van der Waals surface area contributed by atoms with Crippen molar-refractivity contribution in [3.63, 3.8) is 0 Å². The summed E-state index contributed by atoms with van der Waals surface area (Å²) >= 11 is 0. The predicted molar refractivity (Wildman–Crippen MR) is 67.8 cm³/mol. The van der Waals surface area contributed by atoms with Gasteiger partial charge in [-0.2, -0.15) is 0 Å². The van der Waals surface area contributed by atoms with Gasteiger partial charge in [0.2, 0.25) is 0 Å². The summed E-state index contributed by atoms with van der Waals surface area (Å²) in [5.74, 6) is -0.387. The molecule has 1 atom stereocenters. The molecule has 0 bridgehead atoms. The van der Waals surface area contributed by atoms with E-state index >= 15 is 0 Å². The third kappa shape index (κ3) is 2.54. The van der Waals surface area contributed by atoms with Gasteiger partial charge in [-0.15, -0.1) is 0 Å². The molecular formula is C14H16FNO2. The topological polar surface area (TPSA) is 36.6 Å². The Bertz CT molecular complexity index is 509. The van der Waals surface area contributed by atoms with E-state index in [1.165, 1.54) is 6.07 Å². The van der Waals surface area contributed by atoms with Gasteiger partial charge in [0.15, 0.2) is 0 Å². The average Bonchev–Trinajstić information content (AvgIpc) is 2.80. The maximum atomic E-state index is 13.7. The number of halogens is 1. The Hall–Kier alpha value is -1.81. The largest absolute Gasteiger partial charge is 0.472 e. The lowest BCUT2D eigenvalue weighted by Crippen LogP contribution is -2.19. The fourth-order valence-electron chi connectivity index (χ4n) is 2.01. The van der Waals surface area contributed by atoms with Crippen molar-refractivity contribution >= 4 is 5.69 Å². The van der Waals surface area contributed by atoms with Gasteiger partial charge < -0.3 is 14.4 Å². The third-order valence-corrected chi connectivity index (χ3v) is 2.86. The van der Waals surface area contributed by atoms with E-state index in [2.05, 4.69) is 0 Å². The molecule has 3 nitrogen and oxygen atoms in total. The molecule has 1 N–H and O–H groups in total. The van der Waals surface area contributed by atoms with Crippen molar-refractivity contribution in [2.24, 2.45) is 0 Å². The van der Waals surface area contributed by atoms with Crippen molar-refractivity contribution in [3.8, 4) is 0 Å². The molecule has 1 aromatic heterocycles. The molecule has 2 aromatic rings. The van der Waals surface area contributed by atoms with Gasteiger partial charge in [0.1, 0.15) is 5.82 Å². The van der Waals surface area contributed by atoms with E-state index < -0.39 is 6.10 Å². The van der Waals surface area contributed by atoms with Crippen LogP contribution in [0.1, 0.15) is 24.2 Å². The molecule has 0 spiro atoms. The number of hydrogen-bond donors (Lipinski definition) is 1. The van der Waals surface area contributed by atoms with E-state index in [0.717, 1.165) is 5.56 Å². The van der Waals surface area contributed by atoms with Crippen LogP contribution >= 0.6 is 0 Å². The third-order valence-electron chi connectivity index (χ3n) is 2.86. The van der Waals surface area contributed by atoms with Crippen LogP contribution in [0.4, 0.5) is 10.1 Å². The van der Waals surface area contributed by atoms with Crippen LogP contribution in [-0.4, -0.2) is 12.2 Å². The Balaban J connectivity index is 2.29. The lowest BCUT2D eigenvalue weighted by molar-refractivity contribution is 0.194. The number of hydrogen-bond acceptors (Lipinski definition) is 3. The van der Waals surface area contributed by atoms with Gasteiger partial charge in [-0.1, -0.05) is 6.07 Å². The summed E-state index contributed by atoms with van der Waals surface area (Å²) in [6.45, 7) is 2.16. The minimum atomic E-state index is -0.840. The Morgan fingerprint density at radius 1 is 1.39 bits per heavy atom. The molecule has 18 heavy (non-hydrogen) atoms. The van der Waals surface area contributed by atoms with Crippen molar-refractivity contribution in [2.45, 2.75) is 19.6 Å². The zero-order valence-corrected chi connectivity index (χ0v) is 10.4. The molecule has 0 amide bonds. The van der Waals surface area contributed by atoms with Gasteiger partial charge in [0.05, 0.1) is 18.6 Å².